The molecule has 2 amide bonds. The Morgan fingerprint density at radius 1 is 0.750 bits per heavy atom. The van der Waals surface area contributed by atoms with Gasteiger partial charge in [-0.3, -0.25) is 9.59 Å². The number of hydrogen-bond acceptors (Lipinski definition) is 3. The smallest absolute Gasteiger partial charge is 0.335 e. The van der Waals surface area contributed by atoms with Crippen molar-refractivity contribution in [3.05, 3.63) is 93.1 Å². The van der Waals surface area contributed by atoms with Crippen LogP contribution in [-0.2, 0) is 0 Å². The second kappa shape index (κ2) is 8.66. The number of rotatable bonds is 5. The maximum atomic E-state index is 12.7. The van der Waals surface area contributed by atoms with Crippen molar-refractivity contribution in [2.75, 3.05) is 10.6 Å². The molecule has 0 aromatic heterocycles. The molecule has 140 valence electrons. The van der Waals surface area contributed by atoms with Crippen LogP contribution in [0.15, 0.2) is 72.8 Å². The molecule has 0 aliphatic heterocycles. The second-order valence-electron chi connectivity index (χ2n) is 5.82. The van der Waals surface area contributed by atoms with E-state index in [0.29, 0.717) is 16.9 Å². The Labute approximate surface area is 174 Å². The molecule has 28 heavy (non-hydrogen) atoms. The zero-order chi connectivity index (χ0) is 20.1. The lowest BCUT2D eigenvalue weighted by Crippen LogP contribution is -2.19. The Kier molecular flexibility index (Phi) is 6.05. The molecule has 6 nitrogen and oxygen atoms in total. The van der Waals surface area contributed by atoms with Crippen LogP contribution in [0.3, 0.4) is 0 Å². The quantitative estimate of drug-likeness (QED) is 0.463. The number of anilines is 2. The van der Waals surface area contributed by atoms with Crippen molar-refractivity contribution >= 4 is 51.7 Å². The maximum Gasteiger partial charge on any atom is 0.335 e. The van der Waals surface area contributed by atoms with Crippen LogP contribution in [0.2, 0.25) is 0 Å². The Balaban J connectivity index is 1.83. The predicted octanol–water partition coefficient (Wildman–Crippen LogP) is 4.49. The van der Waals surface area contributed by atoms with Crippen molar-refractivity contribution in [1.82, 2.24) is 0 Å². The highest BCUT2D eigenvalue weighted by Crippen LogP contribution is 2.20. The molecule has 0 bridgehead atoms. The lowest BCUT2D eigenvalue weighted by Gasteiger charge is -2.12. The minimum Gasteiger partial charge on any atom is -0.478 e. The van der Waals surface area contributed by atoms with Gasteiger partial charge in [-0.05, 0) is 65.1 Å². The van der Waals surface area contributed by atoms with Crippen molar-refractivity contribution < 1.29 is 19.5 Å². The fourth-order valence-electron chi connectivity index (χ4n) is 2.55. The molecule has 0 saturated carbocycles. The van der Waals surface area contributed by atoms with Gasteiger partial charge in [-0.1, -0.05) is 30.3 Å². The molecule has 3 N–H and O–H groups in total. The topological polar surface area (TPSA) is 95.5 Å². The first-order valence-corrected chi connectivity index (χ1v) is 9.33. The lowest BCUT2D eigenvalue weighted by molar-refractivity contribution is 0.0696. The summed E-state index contributed by atoms with van der Waals surface area (Å²) in [6.07, 6.45) is 0. The minimum atomic E-state index is -1.08. The Morgan fingerprint density at radius 2 is 1.39 bits per heavy atom. The molecular weight excluding hydrogens is 471 g/mol. The standard InChI is InChI=1S/C21H15IN2O4/c22-17-10-3-1-8-15(17)19(25)24-18-11-4-2-9-16(18)20(26)23-14-7-5-6-13(12-14)21(27)28/h1-12H,(H,23,26)(H,24,25)(H,27,28). The van der Waals surface area contributed by atoms with Crippen LogP contribution < -0.4 is 10.6 Å². The number of benzene rings is 3. The van der Waals surface area contributed by atoms with Crippen molar-refractivity contribution in [2.45, 2.75) is 0 Å². The van der Waals surface area contributed by atoms with Crippen molar-refractivity contribution in [2.24, 2.45) is 0 Å². The van der Waals surface area contributed by atoms with E-state index in [1.807, 2.05) is 12.1 Å². The minimum absolute atomic E-state index is 0.0676. The van der Waals surface area contributed by atoms with Crippen molar-refractivity contribution in [1.29, 1.82) is 0 Å². The molecule has 0 saturated heterocycles. The van der Waals surface area contributed by atoms with Gasteiger partial charge in [0.1, 0.15) is 0 Å². The molecule has 0 aliphatic carbocycles. The molecule has 0 radical (unpaired) electrons. The number of carbonyl (C=O) groups is 3. The van der Waals surface area contributed by atoms with Gasteiger partial charge in [-0.15, -0.1) is 0 Å². The molecule has 0 heterocycles. The second-order valence-corrected chi connectivity index (χ2v) is 6.98. The highest BCUT2D eigenvalue weighted by atomic mass is 127. The monoisotopic (exact) mass is 486 g/mol. The molecule has 3 rings (SSSR count). The van der Waals surface area contributed by atoms with E-state index in [0.717, 1.165) is 3.57 Å². The molecule has 0 atom stereocenters. The van der Waals surface area contributed by atoms with Crippen LogP contribution in [0, 0.1) is 3.57 Å². The van der Waals surface area contributed by atoms with Gasteiger partial charge in [0.15, 0.2) is 0 Å². The highest BCUT2D eigenvalue weighted by molar-refractivity contribution is 14.1. The largest absolute Gasteiger partial charge is 0.478 e. The Morgan fingerprint density at radius 3 is 2.11 bits per heavy atom. The summed E-state index contributed by atoms with van der Waals surface area (Å²) in [6.45, 7) is 0. The molecule has 3 aromatic carbocycles. The van der Waals surface area contributed by atoms with Gasteiger partial charge in [-0.25, -0.2) is 4.79 Å². The summed E-state index contributed by atoms with van der Waals surface area (Å²) in [5.41, 5.74) is 1.55. The van der Waals surface area contributed by atoms with Gasteiger partial charge >= 0.3 is 5.97 Å². The van der Waals surface area contributed by atoms with Crippen LogP contribution in [0.1, 0.15) is 31.1 Å². The van der Waals surface area contributed by atoms with Crippen LogP contribution in [-0.4, -0.2) is 22.9 Å². The fourth-order valence-corrected chi connectivity index (χ4v) is 3.19. The highest BCUT2D eigenvalue weighted by Gasteiger charge is 2.16. The van der Waals surface area contributed by atoms with Crippen LogP contribution in [0.4, 0.5) is 11.4 Å². The third kappa shape index (κ3) is 4.55. The first-order chi connectivity index (χ1) is 13.5. The SMILES string of the molecule is O=C(O)c1cccc(NC(=O)c2ccccc2NC(=O)c2ccccc2I)c1. The molecule has 0 unspecified atom stereocenters. The van der Waals surface area contributed by atoms with E-state index in [4.69, 9.17) is 5.11 Å². The third-order valence-corrected chi connectivity index (χ3v) is 4.85. The molecule has 0 fully saturated rings. The number of para-hydroxylation sites is 1. The fraction of sp³-hybridized carbons (Fsp3) is 0. The van der Waals surface area contributed by atoms with Crippen molar-refractivity contribution in [3.63, 3.8) is 0 Å². The van der Waals surface area contributed by atoms with Gasteiger partial charge in [0.2, 0.25) is 0 Å². The predicted molar refractivity (Wildman–Crippen MR) is 115 cm³/mol. The van der Waals surface area contributed by atoms with E-state index in [1.165, 1.54) is 12.1 Å². The summed E-state index contributed by atoms with van der Waals surface area (Å²) in [6, 6.07) is 19.7. The van der Waals surface area contributed by atoms with Gasteiger partial charge < -0.3 is 15.7 Å². The third-order valence-electron chi connectivity index (χ3n) is 3.91. The number of carbonyl (C=O) groups excluding carboxylic acids is 2. The number of amides is 2. The molecule has 3 aromatic rings. The van der Waals surface area contributed by atoms with Crippen LogP contribution in [0.25, 0.3) is 0 Å². The Bertz CT molecular complexity index is 1070. The van der Waals surface area contributed by atoms with E-state index in [1.54, 1.807) is 48.5 Å². The van der Waals surface area contributed by atoms with Crippen LogP contribution in [0.5, 0.6) is 0 Å². The first-order valence-electron chi connectivity index (χ1n) is 8.25. The summed E-state index contributed by atoms with van der Waals surface area (Å²) < 4.78 is 0.796. The normalized spacial score (nSPS) is 10.2. The number of carboxylic acids is 1. The van der Waals surface area contributed by atoms with E-state index in [-0.39, 0.29) is 17.0 Å². The molecule has 0 aliphatic rings. The lowest BCUT2D eigenvalue weighted by atomic mass is 10.1. The average Bonchev–Trinajstić information content (AvgIpc) is 2.68. The van der Waals surface area contributed by atoms with E-state index >= 15 is 0 Å². The number of nitrogens with one attached hydrogen (secondary N) is 2. The molecule has 0 spiro atoms. The zero-order valence-corrected chi connectivity index (χ0v) is 16.6. The zero-order valence-electron chi connectivity index (χ0n) is 14.5. The van der Waals surface area contributed by atoms with E-state index < -0.39 is 11.9 Å². The number of aromatic carboxylic acids is 1. The van der Waals surface area contributed by atoms with Gasteiger partial charge in [0.25, 0.3) is 11.8 Å². The van der Waals surface area contributed by atoms with Crippen molar-refractivity contribution in [3.8, 4) is 0 Å². The van der Waals surface area contributed by atoms with E-state index in [9.17, 15) is 14.4 Å². The van der Waals surface area contributed by atoms with Gasteiger partial charge in [-0.2, -0.15) is 0 Å². The first kappa shape index (κ1) is 19.6. The number of carboxylic acid groups (broad SMARTS) is 1. The molecular formula is C21H15IN2O4. The summed E-state index contributed by atoms with van der Waals surface area (Å²) in [5, 5.41) is 14.5. The summed E-state index contributed by atoms with van der Waals surface area (Å²) in [7, 11) is 0. The van der Waals surface area contributed by atoms with Gasteiger partial charge in [0.05, 0.1) is 22.4 Å². The summed E-state index contributed by atoms with van der Waals surface area (Å²) >= 11 is 2.08. The Hall–Kier alpha value is -3.20. The number of halogens is 1. The van der Waals surface area contributed by atoms with Crippen LogP contribution >= 0.6 is 22.6 Å². The van der Waals surface area contributed by atoms with Gasteiger partial charge in [0, 0.05) is 9.26 Å². The summed E-state index contributed by atoms with van der Waals surface area (Å²) in [4.78, 5) is 36.4. The molecule has 7 heteroatoms. The summed E-state index contributed by atoms with van der Waals surface area (Å²) in [5.74, 6) is -1.86. The van der Waals surface area contributed by atoms with E-state index in [2.05, 4.69) is 33.2 Å². The number of hydrogen-bond donors (Lipinski definition) is 3. The average molecular weight is 486 g/mol. The maximum absolute atomic E-state index is 12.7.